The van der Waals surface area contributed by atoms with Crippen LogP contribution in [0.25, 0.3) is 0 Å². The highest BCUT2D eigenvalue weighted by Gasteiger charge is 2.31. The number of nitrogens with zero attached hydrogens (tertiary/aromatic N) is 2. The lowest BCUT2D eigenvalue weighted by Gasteiger charge is -2.12. The van der Waals surface area contributed by atoms with Gasteiger partial charge in [0.2, 0.25) is 11.1 Å². The molecule has 0 aliphatic carbocycles. The summed E-state index contributed by atoms with van der Waals surface area (Å²) in [4.78, 5) is 17.8. The molecule has 0 aliphatic rings. The SMILES string of the molecule is C[C@H](Sc1n[nH]c(Cc2cccs2)n1)C(=O)Nc1ccc(OC(F)(F)F)cc1. The number of carbonyl (C=O) groups is 1. The second-order valence-electron chi connectivity index (χ2n) is 5.64. The summed E-state index contributed by atoms with van der Waals surface area (Å²) in [5.41, 5.74) is 0.361. The van der Waals surface area contributed by atoms with Gasteiger partial charge in [-0.15, -0.1) is 29.6 Å². The number of thioether (sulfide) groups is 1. The number of rotatable bonds is 7. The Kier molecular flexibility index (Phi) is 6.25. The maximum atomic E-state index is 12.3. The van der Waals surface area contributed by atoms with Crippen molar-refractivity contribution in [3.8, 4) is 5.75 Å². The lowest BCUT2D eigenvalue weighted by atomic mass is 10.3. The molecule has 0 unspecified atom stereocenters. The molecule has 1 atom stereocenters. The molecular weight excluding hydrogens is 413 g/mol. The smallest absolute Gasteiger partial charge is 0.406 e. The van der Waals surface area contributed by atoms with Crippen molar-refractivity contribution in [1.82, 2.24) is 15.2 Å². The molecule has 3 rings (SSSR count). The zero-order valence-corrected chi connectivity index (χ0v) is 16.1. The van der Waals surface area contributed by atoms with E-state index >= 15 is 0 Å². The topological polar surface area (TPSA) is 79.9 Å². The minimum atomic E-state index is -4.76. The van der Waals surface area contributed by atoms with Crippen molar-refractivity contribution in [3.63, 3.8) is 0 Å². The van der Waals surface area contributed by atoms with Crippen LogP contribution < -0.4 is 10.1 Å². The average molecular weight is 428 g/mol. The number of carbonyl (C=O) groups excluding carboxylic acids is 1. The molecule has 3 aromatic rings. The van der Waals surface area contributed by atoms with Crippen molar-refractivity contribution in [3.05, 3.63) is 52.5 Å². The maximum absolute atomic E-state index is 12.3. The Labute approximate surface area is 166 Å². The molecule has 148 valence electrons. The predicted molar refractivity (Wildman–Crippen MR) is 101 cm³/mol. The number of nitrogens with one attached hydrogen (secondary N) is 2. The van der Waals surface area contributed by atoms with Gasteiger partial charge in [0.05, 0.1) is 5.25 Å². The summed E-state index contributed by atoms with van der Waals surface area (Å²) < 4.78 is 40.3. The minimum Gasteiger partial charge on any atom is -0.406 e. The van der Waals surface area contributed by atoms with E-state index in [1.807, 2.05) is 17.5 Å². The van der Waals surface area contributed by atoms with Crippen LogP contribution in [0.15, 0.2) is 46.9 Å². The second-order valence-corrected chi connectivity index (χ2v) is 7.98. The number of thiophene rings is 1. The maximum Gasteiger partial charge on any atom is 0.573 e. The van der Waals surface area contributed by atoms with Gasteiger partial charge >= 0.3 is 6.36 Å². The molecule has 2 aromatic heterocycles. The summed E-state index contributed by atoms with van der Waals surface area (Å²) in [6, 6.07) is 8.89. The molecule has 0 bridgehead atoms. The monoisotopic (exact) mass is 428 g/mol. The Morgan fingerprint density at radius 1 is 1.32 bits per heavy atom. The Morgan fingerprint density at radius 3 is 2.71 bits per heavy atom. The first-order chi connectivity index (χ1) is 13.3. The van der Waals surface area contributed by atoms with Crippen LogP contribution >= 0.6 is 23.1 Å². The molecule has 11 heteroatoms. The largest absolute Gasteiger partial charge is 0.573 e. The molecule has 0 radical (unpaired) electrons. The van der Waals surface area contributed by atoms with Crippen molar-refractivity contribution in [2.24, 2.45) is 0 Å². The van der Waals surface area contributed by atoms with Gasteiger partial charge in [0.1, 0.15) is 11.6 Å². The Balaban J connectivity index is 1.52. The summed E-state index contributed by atoms with van der Waals surface area (Å²) in [7, 11) is 0. The minimum absolute atomic E-state index is 0.320. The number of ether oxygens (including phenoxy) is 1. The highest BCUT2D eigenvalue weighted by atomic mass is 32.2. The molecule has 1 aromatic carbocycles. The molecule has 2 N–H and O–H groups in total. The number of aromatic amines is 1. The zero-order valence-electron chi connectivity index (χ0n) is 14.5. The van der Waals surface area contributed by atoms with E-state index in [0.717, 1.165) is 17.0 Å². The highest BCUT2D eigenvalue weighted by Crippen LogP contribution is 2.25. The van der Waals surface area contributed by atoms with Crippen molar-refractivity contribution in [1.29, 1.82) is 0 Å². The first kappa shape index (κ1) is 20.2. The molecule has 2 heterocycles. The standard InChI is InChI=1S/C17H15F3N4O2S2/c1-10(28-16-22-14(23-24-16)9-13-3-2-8-27-13)15(25)21-11-4-6-12(7-5-11)26-17(18,19)20/h2-8,10H,9H2,1H3,(H,21,25)(H,22,23,24)/t10-/m0/s1. The first-order valence-corrected chi connectivity index (χ1v) is 9.81. The lowest BCUT2D eigenvalue weighted by molar-refractivity contribution is -0.274. The van der Waals surface area contributed by atoms with Gasteiger partial charge in [0.15, 0.2) is 0 Å². The van der Waals surface area contributed by atoms with Crippen LogP contribution in [0.2, 0.25) is 0 Å². The van der Waals surface area contributed by atoms with Gasteiger partial charge in [-0.05, 0) is 42.6 Å². The second kappa shape index (κ2) is 8.65. The van der Waals surface area contributed by atoms with Crippen LogP contribution in [0, 0.1) is 0 Å². The number of aromatic nitrogens is 3. The van der Waals surface area contributed by atoms with Crippen LogP contribution in [0.4, 0.5) is 18.9 Å². The number of H-pyrrole nitrogens is 1. The molecule has 0 aliphatic heterocycles. The van der Waals surface area contributed by atoms with Crippen LogP contribution in [0.5, 0.6) is 5.75 Å². The molecule has 1 amide bonds. The molecule has 28 heavy (non-hydrogen) atoms. The van der Waals surface area contributed by atoms with Gasteiger partial charge in [-0.1, -0.05) is 17.8 Å². The number of alkyl halides is 3. The van der Waals surface area contributed by atoms with Crippen LogP contribution in [0.3, 0.4) is 0 Å². The molecular formula is C17H15F3N4O2S2. The van der Waals surface area contributed by atoms with E-state index in [2.05, 4.69) is 25.2 Å². The number of hydrogen-bond donors (Lipinski definition) is 2. The van der Waals surface area contributed by atoms with Gasteiger partial charge in [0, 0.05) is 17.0 Å². The third-order valence-corrected chi connectivity index (χ3v) is 5.28. The lowest BCUT2D eigenvalue weighted by Crippen LogP contribution is -2.22. The van der Waals surface area contributed by atoms with E-state index in [9.17, 15) is 18.0 Å². The highest BCUT2D eigenvalue weighted by molar-refractivity contribution is 8.00. The molecule has 6 nitrogen and oxygen atoms in total. The van der Waals surface area contributed by atoms with Crippen molar-refractivity contribution in [2.45, 2.75) is 30.1 Å². The fourth-order valence-corrected chi connectivity index (χ4v) is 3.64. The molecule has 0 saturated carbocycles. The van der Waals surface area contributed by atoms with Gasteiger partial charge in [-0.3, -0.25) is 9.89 Å². The van der Waals surface area contributed by atoms with Gasteiger partial charge in [-0.25, -0.2) is 4.98 Å². The van der Waals surface area contributed by atoms with Crippen LogP contribution in [0.1, 0.15) is 17.6 Å². The van der Waals surface area contributed by atoms with E-state index in [-0.39, 0.29) is 11.7 Å². The molecule has 0 fully saturated rings. The molecule has 0 spiro atoms. The van der Waals surface area contributed by atoms with Gasteiger partial charge in [-0.2, -0.15) is 0 Å². The fourth-order valence-electron chi connectivity index (χ4n) is 2.18. The normalized spacial score (nSPS) is 12.6. The van der Waals surface area contributed by atoms with E-state index < -0.39 is 11.6 Å². The van der Waals surface area contributed by atoms with E-state index in [1.165, 1.54) is 23.9 Å². The summed E-state index contributed by atoms with van der Waals surface area (Å²) in [5.74, 6) is 0.0313. The fraction of sp³-hybridized carbons (Fsp3) is 0.235. The number of halogens is 3. The first-order valence-electron chi connectivity index (χ1n) is 8.05. The van der Waals surface area contributed by atoms with Crippen molar-refractivity contribution in [2.75, 3.05) is 5.32 Å². The summed E-state index contributed by atoms with van der Waals surface area (Å²) in [6.07, 6.45) is -4.12. The van der Waals surface area contributed by atoms with E-state index in [1.54, 1.807) is 18.3 Å². The Hall–Kier alpha value is -2.53. The van der Waals surface area contributed by atoms with Crippen molar-refractivity contribution < 1.29 is 22.7 Å². The Bertz CT molecular complexity index is 911. The zero-order chi connectivity index (χ0) is 20.1. The van der Waals surface area contributed by atoms with Crippen molar-refractivity contribution >= 4 is 34.7 Å². The van der Waals surface area contributed by atoms with E-state index in [0.29, 0.717) is 23.1 Å². The number of anilines is 1. The quantitative estimate of drug-likeness (QED) is 0.543. The number of hydrogen-bond acceptors (Lipinski definition) is 6. The Morgan fingerprint density at radius 2 is 2.07 bits per heavy atom. The van der Waals surface area contributed by atoms with Crippen LogP contribution in [-0.4, -0.2) is 32.7 Å². The predicted octanol–water partition coefficient (Wildman–Crippen LogP) is 4.47. The summed E-state index contributed by atoms with van der Waals surface area (Å²) in [6.45, 7) is 1.69. The summed E-state index contributed by atoms with van der Waals surface area (Å²) in [5, 5.41) is 11.5. The third kappa shape index (κ3) is 5.99. The number of amides is 1. The van der Waals surface area contributed by atoms with Gasteiger partial charge in [0.25, 0.3) is 0 Å². The average Bonchev–Trinajstić information content (AvgIpc) is 3.28. The van der Waals surface area contributed by atoms with Crippen LogP contribution in [-0.2, 0) is 11.2 Å². The third-order valence-electron chi connectivity index (χ3n) is 3.44. The van der Waals surface area contributed by atoms with E-state index in [4.69, 9.17) is 0 Å². The molecule has 0 saturated heterocycles. The summed E-state index contributed by atoms with van der Waals surface area (Å²) >= 11 is 2.80. The number of benzene rings is 1. The van der Waals surface area contributed by atoms with Gasteiger partial charge < -0.3 is 10.1 Å².